The van der Waals surface area contributed by atoms with E-state index in [0.29, 0.717) is 22.8 Å². The van der Waals surface area contributed by atoms with Crippen LogP contribution < -0.4 is 4.90 Å². The number of hydrogen-bond acceptors (Lipinski definition) is 6. The summed E-state index contributed by atoms with van der Waals surface area (Å²) >= 11 is 0. The summed E-state index contributed by atoms with van der Waals surface area (Å²) in [5.74, 6) is 1.62. The van der Waals surface area contributed by atoms with Crippen LogP contribution in [0.15, 0.2) is 22.7 Å². The van der Waals surface area contributed by atoms with Crippen LogP contribution in [0.4, 0.5) is 5.69 Å². The highest BCUT2D eigenvalue weighted by atomic mass is 16.5. The molecule has 118 valence electrons. The highest BCUT2D eigenvalue weighted by molar-refractivity contribution is 6.00. The Bertz CT molecular complexity index is 767. The number of aromatic nitrogens is 2. The number of nitrogens with zero attached hydrogens (tertiary/aromatic N) is 4. The van der Waals surface area contributed by atoms with Crippen molar-refractivity contribution in [2.75, 3.05) is 18.0 Å². The molecule has 2 aromatic rings. The van der Waals surface area contributed by atoms with Gasteiger partial charge in [0.15, 0.2) is 11.6 Å². The molecule has 0 radical (unpaired) electrons. The standard InChI is InChI=1S/C17H18N4O2/c1-11(22)15-4-3-13(10-18)9-16(15)21-7-5-14(6-8-21)17-19-12(2)20-23-17/h3-4,9,14H,5-8H2,1-2H3. The quantitative estimate of drug-likeness (QED) is 0.811. The number of carbonyl (C=O) groups is 1. The van der Waals surface area contributed by atoms with Crippen molar-refractivity contribution in [3.8, 4) is 6.07 Å². The van der Waals surface area contributed by atoms with E-state index in [9.17, 15) is 4.79 Å². The maximum absolute atomic E-state index is 11.9. The van der Waals surface area contributed by atoms with Gasteiger partial charge in [-0.1, -0.05) is 5.16 Å². The number of piperidine rings is 1. The average Bonchev–Trinajstić information content (AvgIpc) is 3.01. The predicted octanol–water partition coefficient (Wildman–Crippen LogP) is 2.84. The Morgan fingerprint density at radius 2 is 2.13 bits per heavy atom. The monoisotopic (exact) mass is 310 g/mol. The third kappa shape index (κ3) is 3.09. The molecule has 3 rings (SSSR count). The van der Waals surface area contributed by atoms with Crippen LogP contribution in [-0.2, 0) is 0 Å². The molecule has 6 nitrogen and oxygen atoms in total. The van der Waals surface area contributed by atoms with Crippen molar-refractivity contribution < 1.29 is 9.32 Å². The SMILES string of the molecule is CC(=O)c1ccc(C#N)cc1N1CCC(c2nc(C)no2)CC1. The van der Waals surface area contributed by atoms with Gasteiger partial charge in [0.1, 0.15) is 0 Å². The Morgan fingerprint density at radius 1 is 1.39 bits per heavy atom. The summed E-state index contributed by atoms with van der Waals surface area (Å²) in [5.41, 5.74) is 2.08. The van der Waals surface area contributed by atoms with Crippen LogP contribution in [0.25, 0.3) is 0 Å². The second-order valence-electron chi connectivity index (χ2n) is 5.84. The molecular formula is C17H18N4O2. The van der Waals surface area contributed by atoms with E-state index in [-0.39, 0.29) is 11.7 Å². The van der Waals surface area contributed by atoms with Crippen molar-refractivity contribution in [1.29, 1.82) is 5.26 Å². The van der Waals surface area contributed by atoms with Gasteiger partial charge in [0.2, 0.25) is 5.89 Å². The van der Waals surface area contributed by atoms with E-state index in [1.807, 2.05) is 6.92 Å². The Hall–Kier alpha value is -2.68. The van der Waals surface area contributed by atoms with Crippen LogP contribution in [-0.4, -0.2) is 29.0 Å². The number of rotatable bonds is 3. The number of anilines is 1. The van der Waals surface area contributed by atoms with Crippen molar-refractivity contribution in [3.63, 3.8) is 0 Å². The first kappa shape index (κ1) is 15.2. The fourth-order valence-electron chi connectivity index (χ4n) is 3.01. The lowest BCUT2D eigenvalue weighted by atomic mass is 9.95. The normalized spacial score (nSPS) is 15.4. The number of hydrogen-bond donors (Lipinski definition) is 0. The number of carbonyl (C=O) groups excluding carboxylic acids is 1. The largest absolute Gasteiger partial charge is 0.371 e. The van der Waals surface area contributed by atoms with Gasteiger partial charge in [0.25, 0.3) is 0 Å². The van der Waals surface area contributed by atoms with E-state index in [2.05, 4.69) is 21.1 Å². The Balaban J connectivity index is 1.79. The maximum atomic E-state index is 11.9. The van der Waals surface area contributed by atoms with Crippen LogP contribution >= 0.6 is 0 Å². The molecule has 1 aromatic carbocycles. The van der Waals surface area contributed by atoms with Crippen LogP contribution in [0, 0.1) is 18.3 Å². The number of ketones is 1. The van der Waals surface area contributed by atoms with E-state index < -0.39 is 0 Å². The number of Topliss-reactive ketones (excluding diaryl/α,β-unsaturated/α-hetero) is 1. The third-order valence-electron chi connectivity index (χ3n) is 4.23. The van der Waals surface area contributed by atoms with Gasteiger partial charge in [-0.05, 0) is 44.9 Å². The minimum atomic E-state index is 0.0131. The fraction of sp³-hybridized carbons (Fsp3) is 0.412. The van der Waals surface area contributed by atoms with E-state index in [1.165, 1.54) is 0 Å². The van der Waals surface area contributed by atoms with E-state index >= 15 is 0 Å². The van der Waals surface area contributed by atoms with Crippen LogP contribution in [0.5, 0.6) is 0 Å². The van der Waals surface area contributed by atoms with Gasteiger partial charge in [0.05, 0.1) is 11.6 Å². The van der Waals surface area contributed by atoms with Gasteiger partial charge < -0.3 is 9.42 Å². The van der Waals surface area contributed by atoms with E-state index in [1.54, 1.807) is 25.1 Å². The lowest BCUT2D eigenvalue weighted by molar-refractivity contribution is 0.101. The summed E-state index contributed by atoms with van der Waals surface area (Å²) in [6, 6.07) is 7.37. The summed E-state index contributed by atoms with van der Waals surface area (Å²) in [6.07, 6.45) is 1.77. The molecule has 1 aromatic heterocycles. The molecule has 0 atom stereocenters. The first-order valence-electron chi connectivity index (χ1n) is 7.68. The molecule has 0 N–H and O–H groups in total. The first-order valence-corrected chi connectivity index (χ1v) is 7.68. The molecule has 0 amide bonds. The molecule has 0 bridgehead atoms. The highest BCUT2D eigenvalue weighted by Crippen LogP contribution is 2.31. The summed E-state index contributed by atoms with van der Waals surface area (Å²) < 4.78 is 5.27. The second-order valence-corrected chi connectivity index (χ2v) is 5.84. The lowest BCUT2D eigenvalue weighted by Gasteiger charge is -2.33. The molecule has 0 unspecified atom stereocenters. The van der Waals surface area contributed by atoms with Crippen molar-refractivity contribution >= 4 is 11.5 Å². The molecule has 1 aliphatic rings. The molecule has 2 heterocycles. The van der Waals surface area contributed by atoms with E-state index in [4.69, 9.17) is 9.78 Å². The van der Waals surface area contributed by atoms with Gasteiger partial charge in [-0.25, -0.2) is 0 Å². The fourth-order valence-corrected chi connectivity index (χ4v) is 3.01. The summed E-state index contributed by atoms with van der Waals surface area (Å²) in [6.45, 7) is 4.95. The zero-order valence-electron chi connectivity index (χ0n) is 13.2. The van der Waals surface area contributed by atoms with E-state index in [0.717, 1.165) is 31.6 Å². The van der Waals surface area contributed by atoms with Crippen LogP contribution in [0.2, 0.25) is 0 Å². The van der Waals surface area contributed by atoms with Gasteiger partial charge in [0, 0.05) is 30.3 Å². The van der Waals surface area contributed by atoms with Crippen LogP contribution in [0.3, 0.4) is 0 Å². The summed E-state index contributed by atoms with van der Waals surface area (Å²) in [5, 5.41) is 13.0. The minimum absolute atomic E-state index is 0.0131. The molecule has 23 heavy (non-hydrogen) atoms. The molecule has 1 saturated heterocycles. The number of benzene rings is 1. The highest BCUT2D eigenvalue weighted by Gasteiger charge is 2.26. The Kier molecular flexibility index (Phi) is 4.11. The molecule has 1 fully saturated rings. The third-order valence-corrected chi connectivity index (χ3v) is 4.23. The molecule has 6 heteroatoms. The predicted molar refractivity (Wildman–Crippen MR) is 84.4 cm³/mol. The second kappa shape index (κ2) is 6.21. The van der Waals surface area contributed by atoms with Crippen molar-refractivity contribution in [3.05, 3.63) is 41.0 Å². The molecule has 1 aliphatic heterocycles. The minimum Gasteiger partial charge on any atom is -0.371 e. The molecule has 0 aliphatic carbocycles. The van der Waals surface area contributed by atoms with Crippen molar-refractivity contribution in [2.24, 2.45) is 0 Å². The average molecular weight is 310 g/mol. The van der Waals surface area contributed by atoms with Gasteiger partial charge >= 0.3 is 0 Å². The van der Waals surface area contributed by atoms with Crippen LogP contribution in [0.1, 0.15) is 53.3 Å². The summed E-state index contributed by atoms with van der Waals surface area (Å²) in [7, 11) is 0. The van der Waals surface area contributed by atoms with Gasteiger partial charge in [-0.3, -0.25) is 4.79 Å². The Morgan fingerprint density at radius 3 is 2.70 bits per heavy atom. The Labute approximate surface area is 134 Å². The smallest absolute Gasteiger partial charge is 0.229 e. The van der Waals surface area contributed by atoms with Crippen molar-refractivity contribution in [2.45, 2.75) is 32.6 Å². The summed E-state index contributed by atoms with van der Waals surface area (Å²) in [4.78, 5) is 18.3. The maximum Gasteiger partial charge on any atom is 0.229 e. The topological polar surface area (TPSA) is 83.0 Å². The zero-order chi connectivity index (χ0) is 16.4. The molecular weight excluding hydrogens is 292 g/mol. The first-order chi connectivity index (χ1) is 11.1. The molecule has 0 spiro atoms. The molecule has 0 saturated carbocycles. The zero-order valence-corrected chi connectivity index (χ0v) is 13.2. The number of nitriles is 1. The number of aryl methyl sites for hydroxylation is 1. The van der Waals surface area contributed by atoms with Gasteiger partial charge in [-0.2, -0.15) is 10.2 Å². The van der Waals surface area contributed by atoms with Crippen molar-refractivity contribution in [1.82, 2.24) is 10.1 Å². The van der Waals surface area contributed by atoms with Gasteiger partial charge in [-0.15, -0.1) is 0 Å². The lowest BCUT2D eigenvalue weighted by Crippen LogP contribution is -2.34.